The molecule has 18 heavy (non-hydrogen) atoms. The van der Waals surface area contributed by atoms with Gasteiger partial charge in [0.05, 0.1) is 0 Å². The van der Waals surface area contributed by atoms with E-state index in [4.69, 9.17) is 0 Å². The van der Waals surface area contributed by atoms with Crippen LogP contribution < -0.4 is 0 Å². The van der Waals surface area contributed by atoms with Crippen LogP contribution in [-0.4, -0.2) is 0 Å². The molecule has 0 aromatic heterocycles. The van der Waals surface area contributed by atoms with Crippen LogP contribution in [0.5, 0.6) is 0 Å². The minimum Gasteiger partial charge on any atom is -0.0885 e. The zero-order valence-electron chi connectivity index (χ0n) is 11.5. The largest absolute Gasteiger partial charge is 0.0885 e. The highest BCUT2D eigenvalue weighted by Crippen LogP contribution is 2.39. The van der Waals surface area contributed by atoms with Crippen LogP contribution in [0.15, 0.2) is 35.5 Å². The van der Waals surface area contributed by atoms with Crippen molar-refractivity contribution in [3.05, 3.63) is 35.5 Å². The van der Waals surface area contributed by atoms with Crippen molar-refractivity contribution in [3.8, 4) is 0 Å². The van der Waals surface area contributed by atoms with Crippen molar-refractivity contribution < 1.29 is 0 Å². The molecule has 3 aliphatic carbocycles. The first-order chi connectivity index (χ1) is 8.93. The second-order valence-corrected chi connectivity index (χ2v) is 6.24. The normalized spacial score (nSPS) is 29.9. The van der Waals surface area contributed by atoms with Crippen LogP contribution in [0.1, 0.15) is 64.2 Å². The molecule has 3 aliphatic rings. The average Bonchev–Trinajstić information content (AvgIpc) is 2.82. The predicted octanol–water partition coefficient (Wildman–Crippen LogP) is 5.57. The van der Waals surface area contributed by atoms with Crippen LogP contribution in [0.4, 0.5) is 0 Å². The first-order valence-electron chi connectivity index (χ1n) is 7.96. The molecule has 0 aromatic rings. The molecule has 0 bridgehead atoms. The average molecular weight is 242 g/mol. The molecular formula is C18H26. The van der Waals surface area contributed by atoms with Crippen molar-refractivity contribution in [1.82, 2.24) is 0 Å². The van der Waals surface area contributed by atoms with Gasteiger partial charge in [-0.1, -0.05) is 35.5 Å². The summed E-state index contributed by atoms with van der Waals surface area (Å²) < 4.78 is 0. The van der Waals surface area contributed by atoms with Crippen molar-refractivity contribution in [2.75, 3.05) is 0 Å². The highest BCUT2D eigenvalue weighted by Gasteiger charge is 2.23. The lowest BCUT2D eigenvalue weighted by molar-refractivity contribution is 0.456. The third kappa shape index (κ3) is 2.79. The van der Waals surface area contributed by atoms with Gasteiger partial charge in [-0.2, -0.15) is 0 Å². The predicted molar refractivity (Wildman–Crippen MR) is 78.5 cm³/mol. The molecule has 0 spiro atoms. The number of hydrogen-bond acceptors (Lipinski definition) is 0. The van der Waals surface area contributed by atoms with E-state index in [0.717, 1.165) is 11.8 Å². The van der Waals surface area contributed by atoms with E-state index in [1.54, 1.807) is 11.1 Å². The molecule has 1 unspecified atom stereocenters. The molecule has 0 heterocycles. The summed E-state index contributed by atoms with van der Waals surface area (Å²) in [4.78, 5) is 0. The standard InChI is InChI=1S/C18H26/c1-2-4-8-15(7-3-1)17-11-13-18(14-12-17)16-9-5-6-10-16/h1-2,9,11,15,18H,3-8,10,12-14H2. The van der Waals surface area contributed by atoms with Gasteiger partial charge in [0.25, 0.3) is 0 Å². The lowest BCUT2D eigenvalue weighted by atomic mass is 9.78. The Morgan fingerprint density at radius 2 is 1.50 bits per heavy atom. The van der Waals surface area contributed by atoms with E-state index in [0.29, 0.717) is 0 Å². The van der Waals surface area contributed by atoms with Crippen LogP contribution in [0, 0.1) is 11.8 Å². The maximum absolute atomic E-state index is 2.61. The Labute approximate surface area is 112 Å². The van der Waals surface area contributed by atoms with E-state index in [2.05, 4.69) is 24.3 Å². The Bertz CT molecular complexity index is 359. The number of rotatable bonds is 2. The highest BCUT2D eigenvalue weighted by molar-refractivity contribution is 5.19. The monoisotopic (exact) mass is 242 g/mol. The van der Waals surface area contributed by atoms with Gasteiger partial charge in [0, 0.05) is 0 Å². The maximum Gasteiger partial charge on any atom is -0.0166 e. The molecule has 0 aliphatic heterocycles. The van der Waals surface area contributed by atoms with Crippen LogP contribution in [0.2, 0.25) is 0 Å². The number of hydrogen-bond donors (Lipinski definition) is 0. The van der Waals surface area contributed by atoms with E-state index in [-0.39, 0.29) is 0 Å². The summed E-state index contributed by atoms with van der Waals surface area (Å²) in [5.41, 5.74) is 3.58. The van der Waals surface area contributed by atoms with Crippen molar-refractivity contribution in [2.45, 2.75) is 64.2 Å². The molecule has 0 nitrogen and oxygen atoms in total. The maximum atomic E-state index is 2.61. The molecule has 0 N–H and O–H groups in total. The van der Waals surface area contributed by atoms with Gasteiger partial charge in [0.2, 0.25) is 0 Å². The Morgan fingerprint density at radius 3 is 2.11 bits per heavy atom. The van der Waals surface area contributed by atoms with E-state index in [1.165, 1.54) is 64.2 Å². The smallest absolute Gasteiger partial charge is 0.0166 e. The summed E-state index contributed by atoms with van der Waals surface area (Å²) in [6, 6.07) is 0. The Kier molecular flexibility index (Phi) is 4.02. The molecule has 1 atom stereocenters. The van der Waals surface area contributed by atoms with Gasteiger partial charge in [0.15, 0.2) is 0 Å². The Balaban J connectivity index is 1.59. The summed E-state index contributed by atoms with van der Waals surface area (Å²) in [6.45, 7) is 0. The summed E-state index contributed by atoms with van der Waals surface area (Å²) >= 11 is 0. The third-order valence-electron chi connectivity index (χ3n) is 5.10. The summed E-state index contributed by atoms with van der Waals surface area (Å²) in [7, 11) is 0. The van der Waals surface area contributed by atoms with Gasteiger partial charge in [-0.05, 0) is 76.0 Å². The van der Waals surface area contributed by atoms with Crippen molar-refractivity contribution in [2.24, 2.45) is 11.8 Å². The van der Waals surface area contributed by atoms with E-state index in [9.17, 15) is 0 Å². The SMILES string of the molecule is C1=CCCC(C2=CCC(C3=CCCC3)CC2)CC1. The molecule has 0 heteroatoms. The fourth-order valence-electron chi connectivity index (χ4n) is 3.97. The summed E-state index contributed by atoms with van der Waals surface area (Å²) in [5.74, 6) is 1.80. The second-order valence-electron chi connectivity index (χ2n) is 6.24. The van der Waals surface area contributed by atoms with E-state index < -0.39 is 0 Å². The van der Waals surface area contributed by atoms with Gasteiger partial charge >= 0.3 is 0 Å². The Morgan fingerprint density at radius 1 is 0.722 bits per heavy atom. The lowest BCUT2D eigenvalue weighted by Gasteiger charge is -2.27. The summed E-state index contributed by atoms with van der Waals surface area (Å²) in [6.07, 6.45) is 23.6. The molecule has 0 amide bonds. The van der Waals surface area contributed by atoms with Crippen LogP contribution in [0.3, 0.4) is 0 Å². The summed E-state index contributed by atoms with van der Waals surface area (Å²) in [5, 5.41) is 0. The zero-order chi connectivity index (χ0) is 12.2. The molecule has 3 rings (SSSR count). The zero-order valence-corrected chi connectivity index (χ0v) is 11.5. The molecule has 0 radical (unpaired) electrons. The van der Waals surface area contributed by atoms with Gasteiger partial charge in [-0.3, -0.25) is 0 Å². The number of allylic oxidation sites excluding steroid dienone is 6. The molecule has 0 saturated heterocycles. The fourth-order valence-corrected chi connectivity index (χ4v) is 3.97. The van der Waals surface area contributed by atoms with Crippen molar-refractivity contribution in [3.63, 3.8) is 0 Å². The molecule has 98 valence electrons. The topological polar surface area (TPSA) is 0 Å². The second kappa shape index (κ2) is 5.91. The fraction of sp³-hybridized carbons (Fsp3) is 0.667. The van der Waals surface area contributed by atoms with Gasteiger partial charge in [-0.25, -0.2) is 0 Å². The lowest BCUT2D eigenvalue weighted by Crippen LogP contribution is -2.13. The quantitative estimate of drug-likeness (QED) is 0.555. The molecular weight excluding hydrogens is 216 g/mol. The minimum atomic E-state index is 0.901. The molecule has 0 fully saturated rings. The van der Waals surface area contributed by atoms with Crippen molar-refractivity contribution in [1.29, 1.82) is 0 Å². The Hall–Kier alpha value is -0.780. The van der Waals surface area contributed by atoms with E-state index in [1.807, 2.05) is 0 Å². The van der Waals surface area contributed by atoms with Crippen LogP contribution in [0.25, 0.3) is 0 Å². The first-order valence-corrected chi connectivity index (χ1v) is 7.96. The minimum absolute atomic E-state index is 0.901. The molecule has 0 saturated carbocycles. The van der Waals surface area contributed by atoms with Gasteiger partial charge < -0.3 is 0 Å². The van der Waals surface area contributed by atoms with Crippen molar-refractivity contribution >= 4 is 0 Å². The van der Waals surface area contributed by atoms with Crippen LogP contribution in [-0.2, 0) is 0 Å². The highest BCUT2D eigenvalue weighted by atomic mass is 14.3. The van der Waals surface area contributed by atoms with Gasteiger partial charge in [0.1, 0.15) is 0 Å². The third-order valence-corrected chi connectivity index (χ3v) is 5.10. The van der Waals surface area contributed by atoms with Gasteiger partial charge in [-0.15, -0.1) is 0 Å². The first kappa shape index (κ1) is 12.3. The molecule has 0 aromatic carbocycles. The van der Waals surface area contributed by atoms with E-state index >= 15 is 0 Å². The van der Waals surface area contributed by atoms with Crippen LogP contribution >= 0.6 is 0 Å².